The molecule has 2 nitrogen and oxygen atoms in total. The van der Waals surface area contributed by atoms with Crippen molar-refractivity contribution < 1.29 is 0 Å². The van der Waals surface area contributed by atoms with E-state index in [2.05, 4.69) is 35.5 Å². The lowest BCUT2D eigenvalue weighted by Gasteiger charge is -2.31. The van der Waals surface area contributed by atoms with Crippen LogP contribution in [0.4, 0.5) is 0 Å². The van der Waals surface area contributed by atoms with Crippen molar-refractivity contribution in [3.63, 3.8) is 0 Å². The summed E-state index contributed by atoms with van der Waals surface area (Å²) < 4.78 is 0. The van der Waals surface area contributed by atoms with E-state index in [9.17, 15) is 0 Å². The van der Waals surface area contributed by atoms with Gasteiger partial charge in [0.25, 0.3) is 0 Å². The number of aryl methyl sites for hydroxylation is 1. The third kappa shape index (κ3) is 2.51. The van der Waals surface area contributed by atoms with Crippen LogP contribution in [-0.2, 0) is 0 Å². The van der Waals surface area contributed by atoms with Crippen molar-refractivity contribution in [2.24, 2.45) is 0 Å². The van der Waals surface area contributed by atoms with Gasteiger partial charge in [-0.3, -0.25) is 0 Å². The first-order valence-corrected chi connectivity index (χ1v) is 5.72. The molecule has 1 fully saturated rings. The number of likely N-dealkylation sites (N-methyl/N-ethyl adjacent to an activating group) is 1. The molecule has 1 heterocycles. The monoisotopic (exact) mass is 224 g/mol. The fourth-order valence-electron chi connectivity index (χ4n) is 1.95. The Morgan fingerprint density at radius 1 is 1.47 bits per heavy atom. The summed E-state index contributed by atoms with van der Waals surface area (Å²) in [5.74, 6) is 0. The molecule has 0 unspecified atom stereocenters. The van der Waals surface area contributed by atoms with Crippen molar-refractivity contribution in [1.29, 1.82) is 0 Å². The molecule has 1 saturated heterocycles. The molecule has 2 rings (SSSR count). The summed E-state index contributed by atoms with van der Waals surface area (Å²) in [6.45, 7) is 5.26. The number of nitrogens with one attached hydrogen (secondary N) is 1. The molecular formula is C12H17ClN2. The maximum Gasteiger partial charge on any atom is 0.0450 e. The van der Waals surface area contributed by atoms with Crippen LogP contribution in [-0.4, -0.2) is 31.6 Å². The van der Waals surface area contributed by atoms with Gasteiger partial charge in [0.15, 0.2) is 0 Å². The molecule has 1 aromatic rings. The highest BCUT2D eigenvalue weighted by Gasteiger charge is 2.18. The molecule has 82 valence electrons. The summed E-state index contributed by atoms with van der Waals surface area (Å²) in [4.78, 5) is 2.34. The minimum atomic E-state index is 0.418. The maximum atomic E-state index is 6.13. The molecular weight excluding hydrogens is 208 g/mol. The summed E-state index contributed by atoms with van der Waals surface area (Å²) in [6.07, 6.45) is 0. The molecule has 0 saturated carbocycles. The van der Waals surface area contributed by atoms with Gasteiger partial charge in [0.05, 0.1) is 0 Å². The first-order valence-electron chi connectivity index (χ1n) is 5.35. The molecule has 0 aliphatic carbocycles. The lowest BCUT2D eigenvalue weighted by Crippen LogP contribution is -2.43. The Hall–Kier alpha value is -0.570. The van der Waals surface area contributed by atoms with Crippen LogP contribution in [0, 0.1) is 6.92 Å². The number of halogens is 1. The van der Waals surface area contributed by atoms with E-state index in [1.54, 1.807) is 0 Å². The summed E-state index contributed by atoms with van der Waals surface area (Å²) in [5, 5.41) is 4.38. The minimum absolute atomic E-state index is 0.418. The van der Waals surface area contributed by atoms with E-state index < -0.39 is 0 Å². The number of benzene rings is 1. The van der Waals surface area contributed by atoms with Gasteiger partial charge in [-0.2, -0.15) is 0 Å². The highest BCUT2D eigenvalue weighted by atomic mass is 35.5. The van der Waals surface area contributed by atoms with Crippen LogP contribution >= 0.6 is 11.6 Å². The predicted molar refractivity (Wildman–Crippen MR) is 64.4 cm³/mol. The van der Waals surface area contributed by atoms with Crippen LogP contribution in [0.2, 0.25) is 5.02 Å². The fraction of sp³-hybridized carbons (Fsp3) is 0.500. The second kappa shape index (κ2) is 4.52. The topological polar surface area (TPSA) is 15.3 Å². The summed E-state index contributed by atoms with van der Waals surface area (Å²) in [7, 11) is 2.16. The standard InChI is InChI=1S/C12H17ClN2/c1-9-3-4-10(7-11(9)13)12-8-15(2)6-5-14-12/h3-4,7,12,14H,5-6,8H2,1-2H3/t12-/m0/s1. The first-order chi connectivity index (χ1) is 7.16. The van der Waals surface area contributed by atoms with Crippen LogP contribution in [0.1, 0.15) is 17.2 Å². The van der Waals surface area contributed by atoms with Crippen molar-refractivity contribution in [3.8, 4) is 0 Å². The van der Waals surface area contributed by atoms with Crippen LogP contribution in [0.15, 0.2) is 18.2 Å². The predicted octanol–water partition coefficient (Wildman–Crippen LogP) is 2.22. The van der Waals surface area contributed by atoms with E-state index in [0.717, 1.165) is 30.2 Å². The molecule has 1 aliphatic rings. The van der Waals surface area contributed by atoms with Gasteiger partial charge >= 0.3 is 0 Å². The molecule has 1 N–H and O–H groups in total. The van der Waals surface area contributed by atoms with Gasteiger partial charge in [0, 0.05) is 30.7 Å². The number of hydrogen-bond acceptors (Lipinski definition) is 2. The summed E-state index contributed by atoms with van der Waals surface area (Å²) >= 11 is 6.13. The SMILES string of the molecule is Cc1ccc([C@@H]2CN(C)CCN2)cc1Cl. The van der Waals surface area contributed by atoms with E-state index in [0.29, 0.717) is 6.04 Å². The molecule has 0 aromatic heterocycles. The van der Waals surface area contributed by atoms with Gasteiger partial charge < -0.3 is 10.2 Å². The molecule has 15 heavy (non-hydrogen) atoms. The number of piperazine rings is 1. The molecule has 0 bridgehead atoms. The maximum absolute atomic E-state index is 6.13. The van der Waals surface area contributed by atoms with Gasteiger partial charge in [-0.05, 0) is 31.2 Å². The van der Waals surface area contributed by atoms with Crippen LogP contribution in [0.5, 0.6) is 0 Å². The zero-order valence-electron chi connectivity index (χ0n) is 9.26. The molecule has 3 heteroatoms. The average molecular weight is 225 g/mol. The van der Waals surface area contributed by atoms with Gasteiger partial charge in [0.2, 0.25) is 0 Å². The highest BCUT2D eigenvalue weighted by Crippen LogP contribution is 2.22. The first kappa shape index (κ1) is 10.9. The van der Waals surface area contributed by atoms with Crippen LogP contribution < -0.4 is 5.32 Å². The van der Waals surface area contributed by atoms with E-state index >= 15 is 0 Å². The smallest absolute Gasteiger partial charge is 0.0450 e. The Morgan fingerprint density at radius 2 is 2.27 bits per heavy atom. The third-order valence-electron chi connectivity index (χ3n) is 2.98. The Balaban J connectivity index is 2.18. The number of rotatable bonds is 1. The molecule has 0 spiro atoms. The van der Waals surface area contributed by atoms with Crippen molar-refractivity contribution in [2.45, 2.75) is 13.0 Å². The van der Waals surface area contributed by atoms with Gasteiger partial charge in [0.1, 0.15) is 0 Å². The van der Waals surface area contributed by atoms with Crippen molar-refractivity contribution in [2.75, 3.05) is 26.7 Å². The van der Waals surface area contributed by atoms with E-state index in [1.165, 1.54) is 5.56 Å². The lowest BCUT2D eigenvalue weighted by molar-refractivity contribution is 0.241. The van der Waals surface area contributed by atoms with Gasteiger partial charge in [-0.25, -0.2) is 0 Å². The number of nitrogens with zero attached hydrogens (tertiary/aromatic N) is 1. The quantitative estimate of drug-likeness (QED) is 0.787. The normalized spacial score (nSPS) is 23.0. The molecule has 1 aliphatic heterocycles. The summed E-state index contributed by atoms with van der Waals surface area (Å²) in [6, 6.07) is 6.75. The van der Waals surface area contributed by atoms with E-state index in [1.807, 2.05) is 6.92 Å². The Kier molecular flexibility index (Phi) is 3.29. The molecule has 1 aromatic carbocycles. The average Bonchev–Trinajstić information content (AvgIpc) is 2.22. The second-order valence-corrected chi connectivity index (χ2v) is 4.68. The Bertz CT molecular complexity index is 351. The fourth-order valence-corrected chi connectivity index (χ4v) is 2.14. The lowest BCUT2D eigenvalue weighted by atomic mass is 10.0. The molecule has 1 atom stereocenters. The molecule has 0 amide bonds. The number of hydrogen-bond donors (Lipinski definition) is 1. The van der Waals surface area contributed by atoms with E-state index in [-0.39, 0.29) is 0 Å². The third-order valence-corrected chi connectivity index (χ3v) is 3.38. The van der Waals surface area contributed by atoms with Gasteiger partial charge in [-0.15, -0.1) is 0 Å². The second-order valence-electron chi connectivity index (χ2n) is 4.28. The zero-order valence-corrected chi connectivity index (χ0v) is 10.0. The van der Waals surface area contributed by atoms with Crippen molar-refractivity contribution in [3.05, 3.63) is 34.3 Å². The minimum Gasteiger partial charge on any atom is -0.308 e. The van der Waals surface area contributed by atoms with Gasteiger partial charge in [-0.1, -0.05) is 23.7 Å². The summed E-state index contributed by atoms with van der Waals surface area (Å²) in [5.41, 5.74) is 2.43. The molecule has 0 radical (unpaired) electrons. The van der Waals surface area contributed by atoms with Crippen LogP contribution in [0.25, 0.3) is 0 Å². The zero-order chi connectivity index (χ0) is 10.8. The van der Waals surface area contributed by atoms with E-state index in [4.69, 9.17) is 11.6 Å². The van der Waals surface area contributed by atoms with Crippen molar-refractivity contribution >= 4 is 11.6 Å². The highest BCUT2D eigenvalue weighted by molar-refractivity contribution is 6.31. The Labute approximate surface area is 96.2 Å². The Morgan fingerprint density at radius 3 is 2.93 bits per heavy atom. The largest absolute Gasteiger partial charge is 0.308 e. The van der Waals surface area contributed by atoms with Crippen LogP contribution in [0.3, 0.4) is 0 Å². The van der Waals surface area contributed by atoms with Crippen molar-refractivity contribution in [1.82, 2.24) is 10.2 Å².